The normalized spacial score (nSPS) is 11.7. The first-order chi connectivity index (χ1) is 13.4. The monoisotopic (exact) mass is 455 g/mol. The molecule has 28 heavy (non-hydrogen) atoms. The van der Waals surface area contributed by atoms with Gasteiger partial charge in [-0.05, 0) is 52.7 Å². The van der Waals surface area contributed by atoms with Crippen LogP contribution in [0.4, 0.5) is 0 Å². The Morgan fingerprint density at radius 2 is 1.71 bits per heavy atom. The van der Waals surface area contributed by atoms with Crippen molar-refractivity contribution in [1.29, 1.82) is 0 Å². The van der Waals surface area contributed by atoms with E-state index in [2.05, 4.69) is 4.72 Å². The number of ether oxygens (including phenoxy) is 1. The third kappa shape index (κ3) is 5.33. The largest absolute Gasteiger partial charge is 0.497 e. The Balaban J connectivity index is 1.56. The van der Waals surface area contributed by atoms with Crippen molar-refractivity contribution in [2.75, 3.05) is 19.4 Å². The highest BCUT2D eigenvalue weighted by molar-refractivity contribution is 7.98. The van der Waals surface area contributed by atoms with Crippen LogP contribution >= 0.6 is 35.0 Å². The van der Waals surface area contributed by atoms with E-state index in [-0.39, 0.29) is 4.90 Å². The molecule has 0 heterocycles. The minimum absolute atomic E-state index is 0.250. The molecule has 0 aliphatic heterocycles. The van der Waals surface area contributed by atoms with Crippen LogP contribution in [0, 0.1) is 0 Å². The number of hydrogen-bond acceptors (Lipinski definition) is 4. The first-order valence-corrected chi connectivity index (χ1v) is 11.9. The molecule has 3 rings (SSSR count). The molecule has 0 atom stereocenters. The van der Waals surface area contributed by atoms with Crippen LogP contribution in [0.25, 0.3) is 10.8 Å². The minimum atomic E-state index is -3.56. The number of nitrogens with one attached hydrogen (secondary N) is 1. The van der Waals surface area contributed by atoms with Crippen LogP contribution in [0.5, 0.6) is 5.75 Å². The second-order valence-corrected chi connectivity index (χ2v) is 9.76. The molecule has 0 saturated heterocycles. The fraction of sp³-hybridized carbons (Fsp3) is 0.200. The van der Waals surface area contributed by atoms with Crippen LogP contribution in [0.15, 0.2) is 59.5 Å². The molecule has 3 aromatic rings. The highest BCUT2D eigenvalue weighted by Gasteiger charge is 2.14. The zero-order valence-corrected chi connectivity index (χ0v) is 18.3. The molecule has 0 aliphatic rings. The molecule has 0 aliphatic carbocycles. The number of thioether (sulfide) groups is 1. The van der Waals surface area contributed by atoms with Crippen molar-refractivity contribution in [2.24, 2.45) is 0 Å². The van der Waals surface area contributed by atoms with Gasteiger partial charge in [0.2, 0.25) is 10.0 Å². The zero-order chi connectivity index (χ0) is 20.1. The molecule has 0 fully saturated rings. The second kappa shape index (κ2) is 9.37. The molecular formula is C20H19Cl2NO3S2. The Labute approximate surface area is 179 Å². The van der Waals surface area contributed by atoms with E-state index >= 15 is 0 Å². The summed E-state index contributed by atoms with van der Waals surface area (Å²) in [6, 6.07) is 16.1. The van der Waals surface area contributed by atoms with Crippen molar-refractivity contribution in [3.63, 3.8) is 0 Å². The second-order valence-electron chi connectivity index (χ2n) is 6.07. The van der Waals surface area contributed by atoms with Gasteiger partial charge in [0.1, 0.15) is 5.75 Å². The number of fused-ring (bicyclic) bond motifs is 1. The summed E-state index contributed by atoms with van der Waals surface area (Å²) < 4.78 is 32.9. The van der Waals surface area contributed by atoms with E-state index in [9.17, 15) is 8.42 Å². The van der Waals surface area contributed by atoms with Crippen LogP contribution in [0.2, 0.25) is 10.0 Å². The average Bonchev–Trinajstić information content (AvgIpc) is 2.69. The summed E-state index contributed by atoms with van der Waals surface area (Å²) in [4.78, 5) is 0.250. The van der Waals surface area contributed by atoms with Crippen molar-refractivity contribution in [3.05, 3.63) is 70.2 Å². The quantitative estimate of drug-likeness (QED) is 0.464. The number of rotatable bonds is 8. The van der Waals surface area contributed by atoms with Gasteiger partial charge >= 0.3 is 0 Å². The topological polar surface area (TPSA) is 55.4 Å². The van der Waals surface area contributed by atoms with Crippen LogP contribution in [-0.2, 0) is 15.8 Å². The SMILES string of the molecule is COc1ccc2cc(S(=O)(=O)NCCSCc3ccc(Cl)c(Cl)c3)ccc2c1. The standard InChI is InChI=1S/C20H19Cl2NO3S2/c1-26-17-5-3-16-12-18(6-4-15(16)11-17)28(24,25)23-8-9-27-13-14-2-7-19(21)20(22)10-14/h2-7,10-12,23H,8-9,13H2,1H3. The summed E-state index contributed by atoms with van der Waals surface area (Å²) in [7, 11) is -1.96. The summed E-state index contributed by atoms with van der Waals surface area (Å²) in [5, 5.41) is 2.82. The molecule has 3 aromatic carbocycles. The molecular weight excluding hydrogens is 437 g/mol. The Morgan fingerprint density at radius 3 is 2.46 bits per heavy atom. The van der Waals surface area contributed by atoms with E-state index in [1.165, 1.54) is 0 Å². The molecule has 8 heteroatoms. The molecule has 0 unspecified atom stereocenters. The fourth-order valence-electron chi connectivity index (χ4n) is 2.65. The van der Waals surface area contributed by atoms with Crippen molar-refractivity contribution < 1.29 is 13.2 Å². The minimum Gasteiger partial charge on any atom is -0.497 e. The van der Waals surface area contributed by atoms with Crippen LogP contribution < -0.4 is 9.46 Å². The lowest BCUT2D eigenvalue weighted by Crippen LogP contribution is -2.26. The Morgan fingerprint density at radius 1 is 0.964 bits per heavy atom. The summed E-state index contributed by atoms with van der Waals surface area (Å²) in [5.41, 5.74) is 1.05. The lowest BCUT2D eigenvalue weighted by atomic mass is 10.1. The number of halogens is 2. The van der Waals surface area contributed by atoms with Crippen molar-refractivity contribution in [2.45, 2.75) is 10.6 Å². The number of methoxy groups -OCH3 is 1. The van der Waals surface area contributed by atoms with E-state index < -0.39 is 10.0 Å². The molecule has 4 nitrogen and oxygen atoms in total. The highest BCUT2D eigenvalue weighted by Crippen LogP contribution is 2.25. The third-order valence-corrected chi connectivity index (χ3v) is 7.35. The van der Waals surface area contributed by atoms with Gasteiger partial charge in [-0.15, -0.1) is 0 Å². The molecule has 0 saturated carbocycles. The lowest BCUT2D eigenvalue weighted by Gasteiger charge is -2.09. The van der Waals surface area contributed by atoms with Crippen molar-refractivity contribution in [1.82, 2.24) is 4.72 Å². The molecule has 0 spiro atoms. The van der Waals surface area contributed by atoms with Gasteiger partial charge in [0.25, 0.3) is 0 Å². The number of hydrogen-bond donors (Lipinski definition) is 1. The molecule has 0 bridgehead atoms. The summed E-state index contributed by atoms with van der Waals surface area (Å²) in [5.74, 6) is 2.11. The summed E-state index contributed by atoms with van der Waals surface area (Å²) in [6.07, 6.45) is 0. The van der Waals surface area contributed by atoms with Crippen LogP contribution in [0.1, 0.15) is 5.56 Å². The first kappa shape index (κ1) is 21.3. The summed E-state index contributed by atoms with van der Waals surface area (Å²) >= 11 is 13.5. The van der Waals surface area contributed by atoms with Gasteiger partial charge in [-0.25, -0.2) is 13.1 Å². The van der Waals surface area contributed by atoms with Gasteiger partial charge in [-0.3, -0.25) is 0 Å². The zero-order valence-electron chi connectivity index (χ0n) is 15.1. The fourth-order valence-corrected chi connectivity index (χ4v) is 4.97. The van der Waals surface area contributed by atoms with Gasteiger partial charge in [-0.2, -0.15) is 11.8 Å². The van der Waals surface area contributed by atoms with Gasteiger partial charge in [0.15, 0.2) is 0 Å². The van der Waals surface area contributed by atoms with Gasteiger partial charge in [0, 0.05) is 18.1 Å². The number of sulfonamides is 1. The molecule has 0 amide bonds. The van der Waals surface area contributed by atoms with Gasteiger partial charge in [0.05, 0.1) is 22.1 Å². The van der Waals surface area contributed by atoms with Crippen molar-refractivity contribution >= 4 is 55.8 Å². The maximum atomic E-state index is 12.5. The average molecular weight is 456 g/mol. The maximum Gasteiger partial charge on any atom is 0.240 e. The van der Waals surface area contributed by atoms with Crippen LogP contribution in [-0.4, -0.2) is 27.8 Å². The van der Waals surface area contributed by atoms with E-state index in [1.807, 2.05) is 30.3 Å². The first-order valence-electron chi connectivity index (χ1n) is 8.48. The molecule has 0 aromatic heterocycles. The summed E-state index contributed by atoms with van der Waals surface area (Å²) in [6.45, 7) is 0.342. The van der Waals surface area contributed by atoms with Crippen LogP contribution in [0.3, 0.4) is 0 Å². The van der Waals surface area contributed by atoms with E-state index in [0.717, 1.165) is 27.8 Å². The molecule has 148 valence electrons. The van der Waals surface area contributed by atoms with Gasteiger partial charge < -0.3 is 4.74 Å². The Kier molecular flexibility index (Phi) is 7.12. The predicted octanol–water partition coefficient (Wildman–Crippen LogP) is 5.37. The van der Waals surface area contributed by atoms with E-state index in [4.69, 9.17) is 27.9 Å². The Bertz CT molecular complexity index is 1090. The Hall–Kier alpha value is -1.44. The highest BCUT2D eigenvalue weighted by atomic mass is 35.5. The van der Waals surface area contributed by atoms with E-state index in [0.29, 0.717) is 22.3 Å². The third-order valence-electron chi connectivity index (χ3n) is 4.12. The lowest BCUT2D eigenvalue weighted by molar-refractivity contribution is 0.415. The number of benzene rings is 3. The van der Waals surface area contributed by atoms with Crippen molar-refractivity contribution in [3.8, 4) is 5.75 Å². The smallest absolute Gasteiger partial charge is 0.240 e. The predicted molar refractivity (Wildman–Crippen MR) is 118 cm³/mol. The molecule has 1 N–H and O–H groups in total. The maximum absolute atomic E-state index is 12.5. The van der Waals surface area contributed by atoms with E-state index in [1.54, 1.807) is 43.1 Å². The van der Waals surface area contributed by atoms with Gasteiger partial charge in [-0.1, -0.05) is 41.4 Å². The molecule has 0 radical (unpaired) electrons.